The molecule has 1 atom stereocenters. The summed E-state index contributed by atoms with van der Waals surface area (Å²) >= 11 is 0. The Labute approximate surface area is 129 Å². The SMILES string of the molecule is N#Cc1ccc(C(=O)NCC(O)c2cccc(C(F)(F)F)c2)[nH]1. The highest BCUT2D eigenvalue weighted by molar-refractivity contribution is 5.92. The minimum absolute atomic E-state index is 0.0457. The number of benzene rings is 1. The van der Waals surface area contributed by atoms with Gasteiger partial charge in [0.1, 0.15) is 17.5 Å². The fourth-order valence-electron chi connectivity index (χ4n) is 1.92. The number of nitrogens with one attached hydrogen (secondary N) is 2. The van der Waals surface area contributed by atoms with Gasteiger partial charge < -0.3 is 15.4 Å². The van der Waals surface area contributed by atoms with Crippen LogP contribution < -0.4 is 5.32 Å². The summed E-state index contributed by atoms with van der Waals surface area (Å²) in [5.41, 5.74) is -0.501. The number of hydrogen-bond donors (Lipinski definition) is 3. The second-order valence-corrected chi connectivity index (χ2v) is 4.75. The fourth-order valence-corrected chi connectivity index (χ4v) is 1.92. The van der Waals surface area contributed by atoms with Crippen molar-refractivity contribution in [1.29, 1.82) is 5.26 Å². The Morgan fingerprint density at radius 2 is 2.09 bits per heavy atom. The summed E-state index contributed by atoms with van der Waals surface area (Å²) in [6.07, 6.45) is -5.79. The maximum Gasteiger partial charge on any atom is 0.416 e. The number of alkyl halides is 3. The van der Waals surface area contributed by atoms with Gasteiger partial charge in [0.2, 0.25) is 0 Å². The third-order valence-electron chi connectivity index (χ3n) is 3.11. The molecule has 120 valence electrons. The van der Waals surface area contributed by atoms with Gasteiger partial charge in [-0.15, -0.1) is 0 Å². The Morgan fingerprint density at radius 1 is 1.35 bits per heavy atom. The minimum atomic E-state index is -4.50. The number of hydrogen-bond acceptors (Lipinski definition) is 3. The van der Waals surface area contributed by atoms with Crippen LogP contribution >= 0.6 is 0 Å². The molecular formula is C15H12F3N3O2. The number of H-pyrrole nitrogens is 1. The average molecular weight is 323 g/mol. The van der Waals surface area contributed by atoms with Crippen LogP contribution in [0.5, 0.6) is 0 Å². The lowest BCUT2D eigenvalue weighted by Crippen LogP contribution is -2.28. The molecule has 8 heteroatoms. The lowest BCUT2D eigenvalue weighted by Gasteiger charge is -2.14. The Hall–Kier alpha value is -2.79. The third-order valence-corrected chi connectivity index (χ3v) is 3.11. The lowest BCUT2D eigenvalue weighted by atomic mass is 10.1. The number of carbonyl (C=O) groups excluding carboxylic acids is 1. The van der Waals surface area contributed by atoms with E-state index >= 15 is 0 Å². The van der Waals surface area contributed by atoms with E-state index in [1.54, 1.807) is 0 Å². The van der Waals surface area contributed by atoms with Crippen LogP contribution in [0.4, 0.5) is 13.2 Å². The molecular weight excluding hydrogens is 311 g/mol. The number of aromatic amines is 1. The van der Waals surface area contributed by atoms with Crippen molar-refractivity contribution < 1.29 is 23.1 Å². The van der Waals surface area contributed by atoms with Crippen LogP contribution in [0.15, 0.2) is 36.4 Å². The standard InChI is InChI=1S/C15H12F3N3O2/c16-15(17,18)10-3-1-2-9(6-10)13(22)8-20-14(23)12-5-4-11(7-19)21-12/h1-6,13,21-22H,8H2,(H,20,23). The van der Waals surface area contributed by atoms with Crippen LogP contribution in [-0.2, 0) is 6.18 Å². The van der Waals surface area contributed by atoms with Crippen molar-refractivity contribution in [2.75, 3.05) is 6.54 Å². The molecule has 0 aliphatic rings. The third kappa shape index (κ3) is 4.11. The van der Waals surface area contributed by atoms with Crippen LogP contribution in [0, 0.1) is 11.3 Å². The zero-order valence-electron chi connectivity index (χ0n) is 11.7. The van der Waals surface area contributed by atoms with E-state index in [0.29, 0.717) is 0 Å². The van der Waals surface area contributed by atoms with Gasteiger partial charge in [-0.25, -0.2) is 0 Å². The number of aliphatic hydroxyl groups excluding tert-OH is 1. The van der Waals surface area contributed by atoms with Gasteiger partial charge in [0.25, 0.3) is 5.91 Å². The van der Waals surface area contributed by atoms with Gasteiger partial charge in [0.05, 0.1) is 11.7 Å². The molecule has 0 spiro atoms. The maximum absolute atomic E-state index is 12.6. The molecule has 1 amide bonds. The molecule has 0 saturated carbocycles. The largest absolute Gasteiger partial charge is 0.416 e. The quantitative estimate of drug-likeness (QED) is 0.807. The van der Waals surface area contributed by atoms with Crippen molar-refractivity contribution in [3.63, 3.8) is 0 Å². The van der Waals surface area contributed by atoms with Crippen molar-refractivity contribution in [3.8, 4) is 6.07 Å². The summed E-state index contributed by atoms with van der Waals surface area (Å²) in [4.78, 5) is 14.3. The Kier molecular flexibility index (Phi) is 4.71. The molecule has 0 aliphatic heterocycles. The number of carbonyl (C=O) groups is 1. The monoisotopic (exact) mass is 323 g/mol. The van der Waals surface area contributed by atoms with Gasteiger partial charge in [-0.05, 0) is 29.8 Å². The van der Waals surface area contributed by atoms with Crippen LogP contribution in [0.3, 0.4) is 0 Å². The van der Waals surface area contributed by atoms with Crippen molar-refractivity contribution in [2.45, 2.75) is 12.3 Å². The zero-order chi connectivity index (χ0) is 17.0. The van der Waals surface area contributed by atoms with E-state index in [1.807, 2.05) is 6.07 Å². The molecule has 0 aliphatic carbocycles. The molecule has 2 aromatic rings. The molecule has 1 heterocycles. The topological polar surface area (TPSA) is 88.9 Å². The molecule has 5 nitrogen and oxygen atoms in total. The smallest absolute Gasteiger partial charge is 0.387 e. The second kappa shape index (κ2) is 6.54. The molecule has 1 aromatic heterocycles. The normalized spacial score (nSPS) is 12.5. The molecule has 1 unspecified atom stereocenters. The summed E-state index contributed by atoms with van der Waals surface area (Å²) < 4.78 is 37.9. The van der Waals surface area contributed by atoms with E-state index < -0.39 is 23.8 Å². The highest BCUT2D eigenvalue weighted by Crippen LogP contribution is 2.30. The average Bonchev–Trinajstić information content (AvgIpc) is 3.00. The van der Waals surface area contributed by atoms with Gasteiger partial charge in [-0.2, -0.15) is 18.4 Å². The second-order valence-electron chi connectivity index (χ2n) is 4.75. The number of aromatic nitrogens is 1. The maximum atomic E-state index is 12.6. The minimum Gasteiger partial charge on any atom is -0.387 e. The first kappa shape index (κ1) is 16.6. The predicted molar refractivity (Wildman–Crippen MR) is 74.2 cm³/mol. The number of rotatable bonds is 4. The van der Waals surface area contributed by atoms with E-state index in [0.717, 1.165) is 12.1 Å². The van der Waals surface area contributed by atoms with Crippen molar-refractivity contribution in [3.05, 3.63) is 58.9 Å². The summed E-state index contributed by atoms with van der Waals surface area (Å²) in [6.45, 7) is -0.263. The number of halogens is 3. The lowest BCUT2D eigenvalue weighted by molar-refractivity contribution is -0.137. The first-order valence-electron chi connectivity index (χ1n) is 6.54. The Morgan fingerprint density at radius 3 is 2.70 bits per heavy atom. The van der Waals surface area contributed by atoms with Crippen molar-refractivity contribution in [1.82, 2.24) is 10.3 Å². The molecule has 0 saturated heterocycles. The van der Waals surface area contributed by atoms with E-state index in [1.165, 1.54) is 24.3 Å². The Bertz CT molecular complexity index is 747. The summed E-state index contributed by atoms with van der Waals surface area (Å²) in [5, 5.41) is 20.9. The van der Waals surface area contributed by atoms with Gasteiger partial charge in [-0.3, -0.25) is 4.79 Å². The van der Waals surface area contributed by atoms with E-state index in [2.05, 4.69) is 10.3 Å². The van der Waals surface area contributed by atoms with Gasteiger partial charge >= 0.3 is 6.18 Å². The summed E-state index contributed by atoms with van der Waals surface area (Å²) in [7, 11) is 0. The molecule has 0 bridgehead atoms. The van der Waals surface area contributed by atoms with Gasteiger partial charge in [-0.1, -0.05) is 12.1 Å². The molecule has 2 rings (SSSR count). The van der Waals surface area contributed by atoms with Gasteiger partial charge in [0, 0.05) is 6.54 Å². The number of nitriles is 1. The molecule has 3 N–H and O–H groups in total. The first-order valence-corrected chi connectivity index (χ1v) is 6.54. The summed E-state index contributed by atoms with van der Waals surface area (Å²) in [5.74, 6) is -0.572. The highest BCUT2D eigenvalue weighted by atomic mass is 19.4. The van der Waals surface area contributed by atoms with E-state index in [9.17, 15) is 23.1 Å². The highest BCUT2D eigenvalue weighted by Gasteiger charge is 2.30. The molecule has 0 fully saturated rings. The summed E-state index contributed by atoms with van der Waals surface area (Å²) in [6, 6.07) is 8.89. The van der Waals surface area contributed by atoms with Crippen molar-refractivity contribution in [2.24, 2.45) is 0 Å². The first-order chi connectivity index (χ1) is 10.8. The molecule has 0 radical (unpaired) electrons. The zero-order valence-corrected chi connectivity index (χ0v) is 11.7. The molecule has 1 aromatic carbocycles. The predicted octanol–water partition coefficient (Wildman–Crippen LogP) is 2.37. The van der Waals surface area contributed by atoms with Crippen LogP contribution in [0.2, 0.25) is 0 Å². The van der Waals surface area contributed by atoms with Gasteiger partial charge in [0.15, 0.2) is 0 Å². The molecule has 23 heavy (non-hydrogen) atoms. The van der Waals surface area contributed by atoms with Crippen LogP contribution in [-0.4, -0.2) is 22.5 Å². The fraction of sp³-hybridized carbons (Fsp3) is 0.200. The number of aliphatic hydroxyl groups is 1. The van der Waals surface area contributed by atoms with Crippen LogP contribution in [0.1, 0.15) is 33.4 Å². The van der Waals surface area contributed by atoms with E-state index in [4.69, 9.17) is 5.26 Å². The Balaban J connectivity index is 2.01. The number of nitrogens with zero attached hydrogens (tertiary/aromatic N) is 1. The number of amides is 1. The van der Waals surface area contributed by atoms with Crippen molar-refractivity contribution >= 4 is 5.91 Å². The van der Waals surface area contributed by atoms with Crippen LogP contribution in [0.25, 0.3) is 0 Å². The van der Waals surface area contributed by atoms with E-state index in [-0.39, 0.29) is 23.5 Å².